The summed E-state index contributed by atoms with van der Waals surface area (Å²) >= 11 is 5.76. The summed E-state index contributed by atoms with van der Waals surface area (Å²) in [5.41, 5.74) is 7.51. The van der Waals surface area contributed by atoms with E-state index >= 15 is 0 Å². The number of hydrogen-bond acceptors (Lipinski definition) is 7. The van der Waals surface area contributed by atoms with Crippen molar-refractivity contribution in [3.05, 3.63) is 59.1 Å². The maximum atomic E-state index is 14.7. The summed E-state index contributed by atoms with van der Waals surface area (Å²) in [6.45, 7) is 2.80. The molecule has 0 radical (unpaired) electrons. The Morgan fingerprint density at radius 2 is 1.94 bits per heavy atom. The van der Waals surface area contributed by atoms with Gasteiger partial charge in [0.1, 0.15) is 40.5 Å². The summed E-state index contributed by atoms with van der Waals surface area (Å²) in [6.07, 6.45) is 2.39. The number of rotatable bonds is 7. The highest BCUT2D eigenvalue weighted by atomic mass is 35.5. The van der Waals surface area contributed by atoms with Gasteiger partial charge in [0.05, 0.1) is 30.3 Å². The first-order valence-corrected chi connectivity index (χ1v) is 10.0. The fourth-order valence-electron chi connectivity index (χ4n) is 3.25. The predicted molar refractivity (Wildman–Crippen MR) is 115 cm³/mol. The lowest BCUT2D eigenvalue weighted by atomic mass is 10.0. The third-order valence-electron chi connectivity index (χ3n) is 4.87. The second kappa shape index (κ2) is 9.01. The number of benzene rings is 2. The molecule has 0 aliphatic heterocycles. The molecule has 0 saturated carbocycles. The molecule has 0 fully saturated rings. The monoisotopic (exact) mass is 460 g/mol. The van der Waals surface area contributed by atoms with Gasteiger partial charge < -0.3 is 15.2 Å². The van der Waals surface area contributed by atoms with E-state index in [0.717, 1.165) is 6.07 Å². The lowest BCUT2D eigenvalue weighted by Crippen LogP contribution is -2.10. The maximum absolute atomic E-state index is 14.7. The van der Waals surface area contributed by atoms with Crippen LogP contribution in [0.3, 0.4) is 0 Å². The largest absolute Gasteiger partial charge is 0.483 e. The highest BCUT2D eigenvalue weighted by molar-refractivity contribution is 6.31. The Morgan fingerprint density at radius 3 is 2.72 bits per heavy atom. The van der Waals surface area contributed by atoms with Crippen LogP contribution in [0.2, 0.25) is 5.02 Å². The Hall–Kier alpha value is -3.37. The average molecular weight is 461 g/mol. The third kappa shape index (κ3) is 4.06. The number of fused-ring (bicyclic) bond motifs is 1. The van der Waals surface area contributed by atoms with Crippen molar-refractivity contribution >= 4 is 28.3 Å². The minimum absolute atomic E-state index is 0.0835. The van der Waals surface area contributed by atoms with Crippen molar-refractivity contribution < 1.29 is 18.3 Å². The van der Waals surface area contributed by atoms with E-state index in [1.807, 2.05) is 6.92 Å². The molecule has 4 aromatic rings. The molecule has 2 aromatic carbocycles. The van der Waals surface area contributed by atoms with E-state index < -0.39 is 22.8 Å². The van der Waals surface area contributed by atoms with Crippen LogP contribution >= 0.6 is 11.6 Å². The summed E-state index contributed by atoms with van der Waals surface area (Å²) in [7, 11) is 1.60. The first-order chi connectivity index (χ1) is 15.4. The Labute approximate surface area is 186 Å². The topological polar surface area (TPSA) is 101 Å². The van der Waals surface area contributed by atoms with Gasteiger partial charge >= 0.3 is 0 Å². The lowest BCUT2D eigenvalue weighted by Gasteiger charge is -2.17. The quantitative estimate of drug-likeness (QED) is 0.412. The molecule has 0 saturated heterocycles. The average Bonchev–Trinajstić information content (AvgIpc) is 3.26. The number of methoxy groups -OCH3 is 1. The molecular weight excluding hydrogens is 442 g/mol. The second-order valence-electron chi connectivity index (χ2n) is 6.93. The third-order valence-corrected chi connectivity index (χ3v) is 5.22. The number of nitrogen functional groups attached to an aromatic ring is 1. The van der Waals surface area contributed by atoms with Crippen molar-refractivity contribution in [3.8, 4) is 16.9 Å². The molecule has 0 spiro atoms. The van der Waals surface area contributed by atoms with Crippen LogP contribution in [0.4, 0.5) is 14.6 Å². The van der Waals surface area contributed by atoms with Crippen molar-refractivity contribution in [2.75, 3.05) is 19.5 Å². The van der Waals surface area contributed by atoms with E-state index in [9.17, 15) is 8.78 Å². The molecule has 0 unspecified atom stereocenters. The van der Waals surface area contributed by atoms with Gasteiger partial charge in [0.25, 0.3) is 0 Å². The fraction of sp³-hybridized carbons (Fsp3) is 0.238. The first-order valence-electron chi connectivity index (χ1n) is 9.63. The highest BCUT2D eigenvalue weighted by Gasteiger charge is 2.21. The predicted octanol–water partition coefficient (Wildman–Crippen LogP) is 4.19. The van der Waals surface area contributed by atoms with Crippen LogP contribution in [0.5, 0.6) is 5.75 Å². The Balaban J connectivity index is 1.74. The standard InChI is InChI=1S/C21H19ClF2N6O2/c1-11(15-9-28-30(29-15)7-8-31-2)32-16-6-4-13(20-17(16)21(25)27-10-26-20)12-3-5-14(23)18(22)19(12)24/h3-6,9-11H,7-8H2,1-2H3,(H2,25,26,27)/t11-/m0/s1. The van der Waals surface area contributed by atoms with Crippen LogP contribution in [0.25, 0.3) is 22.0 Å². The number of nitrogens with two attached hydrogens (primary N) is 1. The van der Waals surface area contributed by atoms with E-state index in [1.165, 1.54) is 17.2 Å². The molecule has 2 heterocycles. The molecule has 32 heavy (non-hydrogen) atoms. The van der Waals surface area contributed by atoms with Gasteiger partial charge in [-0.1, -0.05) is 11.6 Å². The Bertz CT molecular complexity index is 1280. The molecule has 2 N–H and O–H groups in total. The number of nitrogens with zero attached hydrogens (tertiary/aromatic N) is 5. The van der Waals surface area contributed by atoms with Gasteiger partial charge in [-0.25, -0.2) is 18.7 Å². The van der Waals surface area contributed by atoms with Crippen LogP contribution in [-0.2, 0) is 11.3 Å². The Morgan fingerprint density at radius 1 is 1.16 bits per heavy atom. The summed E-state index contributed by atoms with van der Waals surface area (Å²) in [6, 6.07) is 5.63. The van der Waals surface area contributed by atoms with E-state index in [0.29, 0.717) is 41.1 Å². The number of ether oxygens (including phenoxy) is 2. The van der Waals surface area contributed by atoms with Crippen LogP contribution < -0.4 is 10.5 Å². The van der Waals surface area contributed by atoms with Gasteiger partial charge in [-0.05, 0) is 31.2 Å². The fourth-order valence-corrected chi connectivity index (χ4v) is 3.41. The molecule has 0 aliphatic carbocycles. The Kier molecular flexibility index (Phi) is 6.15. The number of hydrogen-bond donors (Lipinski definition) is 1. The van der Waals surface area contributed by atoms with Crippen LogP contribution in [0.15, 0.2) is 36.8 Å². The van der Waals surface area contributed by atoms with Crippen molar-refractivity contribution in [2.45, 2.75) is 19.6 Å². The molecule has 0 amide bonds. The van der Waals surface area contributed by atoms with Gasteiger partial charge in [0.2, 0.25) is 0 Å². The number of halogens is 3. The normalized spacial score (nSPS) is 12.3. The van der Waals surface area contributed by atoms with Crippen molar-refractivity contribution in [1.82, 2.24) is 25.0 Å². The first kappa shape index (κ1) is 21.8. The van der Waals surface area contributed by atoms with E-state index in [1.54, 1.807) is 25.4 Å². The molecule has 8 nitrogen and oxygen atoms in total. The molecule has 2 aromatic heterocycles. The molecule has 4 rings (SSSR count). The smallest absolute Gasteiger partial charge is 0.152 e. The van der Waals surface area contributed by atoms with Crippen molar-refractivity contribution in [3.63, 3.8) is 0 Å². The van der Waals surface area contributed by atoms with Crippen LogP contribution in [-0.4, -0.2) is 38.7 Å². The van der Waals surface area contributed by atoms with Gasteiger partial charge in [-0.15, -0.1) is 0 Å². The molecule has 11 heteroatoms. The highest BCUT2D eigenvalue weighted by Crippen LogP contribution is 2.39. The van der Waals surface area contributed by atoms with Gasteiger partial charge in [-0.2, -0.15) is 15.0 Å². The zero-order chi connectivity index (χ0) is 22.8. The van der Waals surface area contributed by atoms with E-state index in [2.05, 4.69) is 20.2 Å². The molecule has 0 aliphatic rings. The summed E-state index contributed by atoms with van der Waals surface area (Å²) in [5, 5.41) is 8.36. The minimum Gasteiger partial charge on any atom is -0.483 e. The molecular formula is C21H19ClF2N6O2. The zero-order valence-corrected chi connectivity index (χ0v) is 18.0. The van der Waals surface area contributed by atoms with Gasteiger partial charge in [0, 0.05) is 18.2 Å². The summed E-state index contributed by atoms with van der Waals surface area (Å²) < 4.78 is 39.4. The number of aromatic nitrogens is 5. The van der Waals surface area contributed by atoms with E-state index in [-0.39, 0.29) is 11.4 Å². The lowest BCUT2D eigenvalue weighted by molar-refractivity contribution is 0.177. The molecule has 1 atom stereocenters. The molecule has 166 valence electrons. The zero-order valence-electron chi connectivity index (χ0n) is 17.2. The van der Waals surface area contributed by atoms with Gasteiger partial charge in [0.15, 0.2) is 5.82 Å². The summed E-state index contributed by atoms with van der Waals surface area (Å²) in [4.78, 5) is 9.82. The second-order valence-corrected chi connectivity index (χ2v) is 7.31. The number of anilines is 1. The van der Waals surface area contributed by atoms with Crippen molar-refractivity contribution in [2.24, 2.45) is 0 Å². The van der Waals surface area contributed by atoms with Crippen LogP contribution in [0.1, 0.15) is 18.7 Å². The summed E-state index contributed by atoms with van der Waals surface area (Å²) in [5.74, 6) is -1.20. The van der Waals surface area contributed by atoms with Gasteiger partial charge in [-0.3, -0.25) is 0 Å². The van der Waals surface area contributed by atoms with Crippen LogP contribution in [0, 0.1) is 11.6 Å². The maximum Gasteiger partial charge on any atom is 0.152 e. The molecule has 0 bridgehead atoms. The SMILES string of the molecule is COCCn1ncc([C@H](C)Oc2ccc(-c3ccc(F)c(Cl)c3F)c3ncnc(N)c23)n1. The minimum atomic E-state index is -0.889. The van der Waals surface area contributed by atoms with Crippen molar-refractivity contribution in [1.29, 1.82) is 0 Å². The van der Waals surface area contributed by atoms with E-state index in [4.69, 9.17) is 26.8 Å².